The van der Waals surface area contributed by atoms with E-state index in [0.717, 1.165) is 54.0 Å². The second kappa shape index (κ2) is 7.64. The van der Waals surface area contributed by atoms with Crippen LogP contribution in [-0.4, -0.2) is 18.0 Å². The van der Waals surface area contributed by atoms with Crippen LogP contribution in [0.25, 0.3) is 17.3 Å². The quantitative estimate of drug-likeness (QED) is 0.689. The van der Waals surface area contributed by atoms with Gasteiger partial charge in [-0.25, -0.2) is 13.4 Å². The van der Waals surface area contributed by atoms with Crippen LogP contribution in [0.15, 0.2) is 60.1 Å². The number of aromatic nitrogens is 2. The Kier molecular flexibility index (Phi) is 5.05. The fraction of sp³-hybridized carbons (Fsp3) is 0.227. The fourth-order valence-electron chi connectivity index (χ4n) is 3.37. The molecule has 5 nitrogen and oxygen atoms in total. The highest BCUT2D eigenvalue weighted by Gasteiger charge is 2.16. The number of hydrogen-bond acceptors (Lipinski definition) is 3. The lowest BCUT2D eigenvalue weighted by molar-refractivity contribution is 0.522. The maximum atomic E-state index is 12.6. The van der Waals surface area contributed by atoms with Gasteiger partial charge in [-0.15, -0.1) is 0 Å². The topological polar surface area (TPSA) is 64.0 Å². The number of para-hydroxylation sites is 1. The highest BCUT2D eigenvalue weighted by Crippen LogP contribution is 2.29. The smallest absolute Gasteiger partial charge is 0.255 e. The van der Waals surface area contributed by atoms with Crippen LogP contribution in [-0.2, 0) is 23.0 Å². The van der Waals surface area contributed by atoms with Crippen molar-refractivity contribution in [1.29, 1.82) is 0 Å². The normalized spacial score (nSPS) is 14.2. The van der Waals surface area contributed by atoms with Gasteiger partial charge in [-0.05, 0) is 37.5 Å². The first-order valence-electron chi connectivity index (χ1n) is 9.43. The average Bonchev–Trinajstić information content (AvgIpc) is 3.12. The van der Waals surface area contributed by atoms with E-state index < -0.39 is 10.0 Å². The summed E-state index contributed by atoms with van der Waals surface area (Å²) in [4.78, 5) is 4.72. The summed E-state index contributed by atoms with van der Waals surface area (Å²) in [6.07, 6.45) is 6.88. The van der Waals surface area contributed by atoms with Crippen molar-refractivity contribution in [3.05, 3.63) is 77.1 Å². The molecule has 0 aliphatic carbocycles. The molecule has 2 heterocycles. The number of hydrogen-bond donors (Lipinski definition) is 1. The number of nitrogens with zero attached hydrogens (tertiary/aromatic N) is 2. The van der Waals surface area contributed by atoms with Crippen LogP contribution in [0.1, 0.15) is 29.8 Å². The summed E-state index contributed by atoms with van der Waals surface area (Å²) in [6.45, 7) is 2.96. The molecule has 4 rings (SSSR count). The van der Waals surface area contributed by atoms with Crippen molar-refractivity contribution >= 4 is 21.8 Å². The number of fused-ring (bicyclic) bond motifs is 1. The maximum absolute atomic E-state index is 12.6. The minimum Gasteiger partial charge on any atom is -0.334 e. The molecule has 0 amide bonds. The lowest BCUT2D eigenvalue weighted by atomic mass is 10.1. The van der Waals surface area contributed by atoms with Crippen LogP contribution >= 0.6 is 0 Å². The molecule has 0 saturated carbocycles. The number of sulfonamides is 1. The summed E-state index contributed by atoms with van der Waals surface area (Å²) in [5.41, 5.74) is 4.10. The molecule has 3 aromatic rings. The highest BCUT2D eigenvalue weighted by molar-refractivity contribution is 7.95. The zero-order valence-corrected chi connectivity index (χ0v) is 16.6. The van der Waals surface area contributed by atoms with Crippen molar-refractivity contribution < 1.29 is 8.42 Å². The second-order valence-electron chi connectivity index (χ2n) is 7.10. The Bertz CT molecular complexity index is 1090. The van der Waals surface area contributed by atoms with E-state index in [-0.39, 0.29) is 0 Å². The number of aryl methyl sites for hydroxylation is 3. The van der Waals surface area contributed by atoms with Gasteiger partial charge in [-0.3, -0.25) is 4.72 Å². The second-order valence-corrected chi connectivity index (χ2v) is 8.67. The first-order valence-corrected chi connectivity index (χ1v) is 11.0. The molecule has 6 heteroatoms. The number of nitrogens with one attached hydrogen (secondary N) is 1. The molecule has 1 aliphatic heterocycles. The molecule has 1 N–H and O–H groups in total. The van der Waals surface area contributed by atoms with E-state index >= 15 is 0 Å². The summed E-state index contributed by atoms with van der Waals surface area (Å²) in [5, 5.41) is 1.20. The minimum absolute atomic E-state index is 0.534. The molecule has 1 aromatic heterocycles. The predicted octanol–water partition coefficient (Wildman–Crippen LogP) is 4.61. The van der Waals surface area contributed by atoms with Gasteiger partial charge in [-0.1, -0.05) is 48.0 Å². The van der Waals surface area contributed by atoms with E-state index in [9.17, 15) is 8.42 Å². The van der Waals surface area contributed by atoms with Crippen molar-refractivity contribution in [3.8, 4) is 11.3 Å². The largest absolute Gasteiger partial charge is 0.334 e. The van der Waals surface area contributed by atoms with Crippen LogP contribution in [0, 0.1) is 6.92 Å². The van der Waals surface area contributed by atoms with Gasteiger partial charge in [-0.2, -0.15) is 0 Å². The van der Waals surface area contributed by atoms with Gasteiger partial charge in [0.2, 0.25) is 0 Å². The molecule has 0 radical (unpaired) electrons. The summed E-state index contributed by atoms with van der Waals surface area (Å²) in [6, 6.07) is 15.1. The number of benzene rings is 2. The molecule has 0 fully saturated rings. The Morgan fingerprint density at radius 3 is 2.64 bits per heavy atom. The summed E-state index contributed by atoms with van der Waals surface area (Å²) in [5.74, 6) is 1.07. The average molecular weight is 394 g/mol. The summed E-state index contributed by atoms with van der Waals surface area (Å²) >= 11 is 0. The lowest BCUT2D eigenvalue weighted by Gasteiger charge is -2.11. The van der Waals surface area contributed by atoms with Crippen molar-refractivity contribution in [3.63, 3.8) is 0 Å². The van der Waals surface area contributed by atoms with Crippen LogP contribution in [0.4, 0.5) is 5.69 Å². The molecule has 0 unspecified atom stereocenters. The monoisotopic (exact) mass is 393 g/mol. The van der Waals surface area contributed by atoms with E-state index in [0.29, 0.717) is 5.69 Å². The molecule has 0 saturated heterocycles. The Balaban J connectivity index is 1.59. The molecule has 28 heavy (non-hydrogen) atoms. The molecule has 144 valence electrons. The van der Waals surface area contributed by atoms with Gasteiger partial charge in [0.25, 0.3) is 10.0 Å². The van der Waals surface area contributed by atoms with Crippen molar-refractivity contribution in [2.45, 2.75) is 32.7 Å². The first kappa shape index (κ1) is 18.5. The van der Waals surface area contributed by atoms with Crippen LogP contribution < -0.4 is 4.72 Å². The van der Waals surface area contributed by atoms with Crippen molar-refractivity contribution in [1.82, 2.24) is 9.55 Å². The third-order valence-electron chi connectivity index (χ3n) is 4.88. The van der Waals surface area contributed by atoms with Crippen LogP contribution in [0.3, 0.4) is 0 Å². The Morgan fingerprint density at radius 2 is 1.86 bits per heavy atom. The fourth-order valence-corrected chi connectivity index (χ4v) is 4.26. The standard InChI is InChI=1S/C22H23N3O2S/c1-17-9-11-18(12-10-17)13-15-28(26,27)24-20-7-3-2-6-19(20)21-16-25-14-5-4-8-22(25)23-21/h2-3,6-7,9-13,15-16,24H,4-5,8,14H2,1H3/b15-13+. The zero-order valence-electron chi connectivity index (χ0n) is 15.8. The summed E-state index contributed by atoms with van der Waals surface area (Å²) < 4.78 is 30.0. The predicted molar refractivity (Wildman–Crippen MR) is 113 cm³/mol. The van der Waals surface area contributed by atoms with Gasteiger partial charge in [0, 0.05) is 24.7 Å². The van der Waals surface area contributed by atoms with E-state index in [1.54, 1.807) is 12.1 Å². The maximum Gasteiger partial charge on any atom is 0.255 e. The van der Waals surface area contributed by atoms with E-state index in [2.05, 4.69) is 9.29 Å². The van der Waals surface area contributed by atoms with E-state index in [1.807, 2.05) is 55.6 Å². The third-order valence-corrected chi connectivity index (χ3v) is 5.88. The Hall–Kier alpha value is -2.86. The molecule has 0 atom stereocenters. The highest BCUT2D eigenvalue weighted by atomic mass is 32.2. The minimum atomic E-state index is -3.64. The Labute approximate surface area is 165 Å². The van der Waals surface area contributed by atoms with Gasteiger partial charge >= 0.3 is 0 Å². The van der Waals surface area contributed by atoms with Crippen LogP contribution in [0.5, 0.6) is 0 Å². The number of anilines is 1. The van der Waals surface area contributed by atoms with Crippen molar-refractivity contribution in [2.75, 3.05) is 4.72 Å². The lowest BCUT2D eigenvalue weighted by Crippen LogP contribution is -2.09. The molecule has 0 bridgehead atoms. The molecule has 2 aromatic carbocycles. The van der Waals surface area contributed by atoms with Gasteiger partial charge in [0.05, 0.1) is 16.8 Å². The zero-order chi connectivity index (χ0) is 19.6. The molecular formula is C22H23N3O2S. The van der Waals surface area contributed by atoms with Crippen molar-refractivity contribution in [2.24, 2.45) is 0 Å². The first-order chi connectivity index (χ1) is 13.5. The van der Waals surface area contributed by atoms with E-state index in [4.69, 9.17) is 4.98 Å². The summed E-state index contributed by atoms with van der Waals surface area (Å²) in [7, 11) is -3.64. The SMILES string of the molecule is Cc1ccc(/C=C/S(=O)(=O)Nc2ccccc2-c2cn3c(n2)CCCC3)cc1. The third kappa shape index (κ3) is 4.17. The number of rotatable bonds is 5. The van der Waals surface area contributed by atoms with Gasteiger partial charge < -0.3 is 4.57 Å². The van der Waals surface area contributed by atoms with Gasteiger partial charge in [0.15, 0.2) is 0 Å². The van der Waals surface area contributed by atoms with E-state index in [1.165, 1.54) is 5.41 Å². The molecule has 1 aliphatic rings. The molecule has 0 spiro atoms. The van der Waals surface area contributed by atoms with Gasteiger partial charge in [0.1, 0.15) is 5.82 Å². The molecular weight excluding hydrogens is 370 g/mol. The Morgan fingerprint density at radius 1 is 1.07 bits per heavy atom. The van der Waals surface area contributed by atoms with Crippen LogP contribution in [0.2, 0.25) is 0 Å². The number of imidazole rings is 1.